The van der Waals surface area contributed by atoms with Crippen LogP contribution in [0.2, 0.25) is 0 Å². The van der Waals surface area contributed by atoms with Gasteiger partial charge in [-0.3, -0.25) is 9.48 Å². The minimum atomic E-state index is -0.257. The minimum absolute atomic E-state index is 0.195. The molecule has 0 aliphatic rings. The first kappa shape index (κ1) is 12.6. The van der Waals surface area contributed by atoms with E-state index in [4.69, 9.17) is 5.73 Å². The molecule has 3 heterocycles. The number of hydrogen-bond acceptors (Lipinski definition) is 7. The number of hydrogen-bond donors (Lipinski definition) is 2. The van der Waals surface area contributed by atoms with Crippen LogP contribution in [0.15, 0.2) is 10.9 Å². The van der Waals surface area contributed by atoms with E-state index >= 15 is 0 Å². The highest BCUT2D eigenvalue weighted by Gasteiger charge is 2.20. The van der Waals surface area contributed by atoms with Gasteiger partial charge in [0.05, 0.1) is 23.3 Å². The fourth-order valence-electron chi connectivity index (χ4n) is 2.01. The summed E-state index contributed by atoms with van der Waals surface area (Å²) in [7, 11) is 1.83. The molecule has 3 rings (SSSR count). The van der Waals surface area contributed by atoms with Gasteiger partial charge in [-0.1, -0.05) is 5.16 Å². The van der Waals surface area contributed by atoms with Gasteiger partial charge in [0.25, 0.3) is 5.91 Å². The number of rotatable bonds is 3. The van der Waals surface area contributed by atoms with E-state index in [1.54, 1.807) is 4.68 Å². The second-order valence-corrected chi connectivity index (χ2v) is 5.26. The molecule has 0 bridgehead atoms. The van der Waals surface area contributed by atoms with E-state index in [0.717, 1.165) is 15.9 Å². The standard InChI is InChI=1S/C11H12N6O2S/c1-5-7-8(12)9(20-11(7)17(2)15-5)10(18)13-3-6-14-4-19-16-6/h4H,3,12H2,1-2H3,(H,13,18). The van der Waals surface area contributed by atoms with Crippen molar-refractivity contribution in [2.24, 2.45) is 7.05 Å². The maximum absolute atomic E-state index is 12.2. The number of thiophene rings is 1. The second kappa shape index (κ2) is 4.60. The Kier molecular flexibility index (Phi) is 2.90. The van der Waals surface area contributed by atoms with Crippen LogP contribution in [0.25, 0.3) is 10.2 Å². The number of anilines is 1. The van der Waals surface area contributed by atoms with Crippen LogP contribution in [0.5, 0.6) is 0 Å². The number of amides is 1. The van der Waals surface area contributed by atoms with Crippen molar-refractivity contribution in [3.8, 4) is 0 Å². The third-order valence-electron chi connectivity index (χ3n) is 2.90. The van der Waals surface area contributed by atoms with Gasteiger partial charge in [-0.15, -0.1) is 11.3 Å². The monoisotopic (exact) mass is 292 g/mol. The maximum atomic E-state index is 12.2. The molecule has 0 aliphatic heterocycles. The smallest absolute Gasteiger partial charge is 0.263 e. The highest BCUT2D eigenvalue weighted by Crippen LogP contribution is 2.35. The number of nitrogens with zero attached hydrogens (tertiary/aromatic N) is 4. The SMILES string of the molecule is Cc1nn(C)c2sc(C(=O)NCc3ncon3)c(N)c12. The van der Waals surface area contributed by atoms with E-state index in [-0.39, 0.29) is 12.5 Å². The Morgan fingerprint density at radius 3 is 3.05 bits per heavy atom. The first-order valence-electron chi connectivity index (χ1n) is 5.83. The Hall–Kier alpha value is -2.42. The molecule has 20 heavy (non-hydrogen) atoms. The lowest BCUT2D eigenvalue weighted by Gasteiger charge is -2.01. The number of carbonyl (C=O) groups is 1. The molecule has 1 amide bonds. The van der Waals surface area contributed by atoms with Gasteiger partial charge >= 0.3 is 0 Å². The van der Waals surface area contributed by atoms with E-state index in [1.807, 2.05) is 14.0 Å². The van der Waals surface area contributed by atoms with E-state index < -0.39 is 0 Å². The van der Waals surface area contributed by atoms with Crippen molar-refractivity contribution in [1.29, 1.82) is 0 Å². The number of aromatic nitrogens is 4. The molecule has 0 aliphatic carbocycles. The highest BCUT2D eigenvalue weighted by molar-refractivity contribution is 7.21. The number of carbonyl (C=O) groups excluding carboxylic acids is 1. The van der Waals surface area contributed by atoms with Crippen LogP contribution < -0.4 is 11.1 Å². The van der Waals surface area contributed by atoms with Crippen molar-refractivity contribution in [3.05, 3.63) is 22.8 Å². The lowest BCUT2D eigenvalue weighted by molar-refractivity contribution is 0.0954. The Labute approximate surface area is 117 Å². The molecular formula is C11H12N6O2S. The van der Waals surface area contributed by atoms with Crippen molar-refractivity contribution in [1.82, 2.24) is 25.2 Å². The van der Waals surface area contributed by atoms with E-state index in [0.29, 0.717) is 16.4 Å². The maximum Gasteiger partial charge on any atom is 0.263 e. The first-order valence-corrected chi connectivity index (χ1v) is 6.64. The lowest BCUT2D eigenvalue weighted by Crippen LogP contribution is -2.23. The van der Waals surface area contributed by atoms with Gasteiger partial charge in [-0.2, -0.15) is 10.1 Å². The van der Waals surface area contributed by atoms with Crippen LogP contribution in [0, 0.1) is 6.92 Å². The molecule has 8 nitrogen and oxygen atoms in total. The molecule has 104 valence electrons. The van der Waals surface area contributed by atoms with Crippen LogP contribution >= 0.6 is 11.3 Å². The normalized spacial score (nSPS) is 11.1. The number of nitrogens with two attached hydrogens (primary N) is 1. The van der Waals surface area contributed by atoms with Gasteiger partial charge in [0.2, 0.25) is 6.39 Å². The fourth-order valence-corrected chi connectivity index (χ4v) is 3.11. The molecule has 0 spiro atoms. The molecule has 3 aromatic rings. The summed E-state index contributed by atoms with van der Waals surface area (Å²) in [6.45, 7) is 2.06. The zero-order valence-electron chi connectivity index (χ0n) is 10.9. The van der Waals surface area contributed by atoms with Crippen LogP contribution in [0.3, 0.4) is 0 Å². The Balaban J connectivity index is 1.88. The molecule has 0 atom stereocenters. The largest absolute Gasteiger partial charge is 0.397 e. The summed E-state index contributed by atoms with van der Waals surface area (Å²) in [6.07, 6.45) is 1.21. The summed E-state index contributed by atoms with van der Waals surface area (Å²) in [5, 5.41) is 11.4. The topological polar surface area (TPSA) is 112 Å². The fraction of sp³-hybridized carbons (Fsp3) is 0.273. The van der Waals surface area contributed by atoms with Gasteiger partial charge in [-0.05, 0) is 6.92 Å². The van der Waals surface area contributed by atoms with Gasteiger partial charge in [-0.25, -0.2) is 0 Å². The lowest BCUT2D eigenvalue weighted by atomic mass is 10.2. The quantitative estimate of drug-likeness (QED) is 0.739. The van der Waals surface area contributed by atoms with Crippen LogP contribution in [0.1, 0.15) is 21.2 Å². The third-order valence-corrected chi connectivity index (χ3v) is 4.17. The van der Waals surface area contributed by atoms with Gasteiger partial charge < -0.3 is 15.6 Å². The molecule has 3 N–H and O–H groups in total. The summed E-state index contributed by atoms with van der Waals surface area (Å²) in [5.74, 6) is 0.156. The molecule has 0 saturated carbocycles. The van der Waals surface area contributed by atoms with Gasteiger partial charge in [0.15, 0.2) is 5.82 Å². The number of nitrogen functional groups attached to an aromatic ring is 1. The van der Waals surface area contributed by atoms with Crippen LogP contribution in [-0.2, 0) is 13.6 Å². The average molecular weight is 292 g/mol. The van der Waals surface area contributed by atoms with Gasteiger partial charge in [0, 0.05) is 7.05 Å². The summed E-state index contributed by atoms with van der Waals surface area (Å²) in [4.78, 5) is 17.3. The summed E-state index contributed by atoms with van der Waals surface area (Å²) < 4.78 is 6.32. The third kappa shape index (κ3) is 1.92. The first-order chi connectivity index (χ1) is 9.58. The molecule has 3 aromatic heterocycles. The molecule has 0 saturated heterocycles. The minimum Gasteiger partial charge on any atom is -0.397 e. The molecule has 0 radical (unpaired) electrons. The van der Waals surface area contributed by atoms with Crippen molar-refractivity contribution in [3.63, 3.8) is 0 Å². The number of aryl methyl sites for hydroxylation is 2. The summed E-state index contributed by atoms with van der Waals surface area (Å²) in [5.41, 5.74) is 7.32. The van der Waals surface area contributed by atoms with Crippen LogP contribution in [0.4, 0.5) is 5.69 Å². The van der Waals surface area contributed by atoms with Crippen molar-refractivity contribution in [2.75, 3.05) is 5.73 Å². The Bertz CT molecular complexity index is 773. The molecular weight excluding hydrogens is 280 g/mol. The predicted octanol–water partition coefficient (Wildman–Crippen LogP) is 0.838. The van der Waals surface area contributed by atoms with Crippen molar-refractivity contribution < 1.29 is 9.32 Å². The van der Waals surface area contributed by atoms with Crippen molar-refractivity contribution in [2.45, 2.75) is 13.5 Å². The molecule has 0 aromatic carbocycles. The second-order valence-electron chi connectivity index (χ2n) is 4.26. The molecule has 0 fully saturated rings. The predicted molar refractivity (Wildman–Crippen MR) is 73.2 cm³/mol. The zero-order valence-corrected chi connectivity index (χ0v) is 11.7. The highest BCUT2D eigenvalue weighted by atomic mass is 32.1. The molecule has 0 unspecified atom stereocenters. The Morgan fingerprint density at radius 1 is 1.60 bits per heavy atom. The Morgan fingerprint density at radius 2 is 2.40 bits per heavy atom. The van der Waals surface area contributed by atoms with E-state index in [2.05, 4.69) is 25.1 Å². The number of fused-ring (bicyclic) bond motifs is 1. The zero-order chi connectivity index (χ0) is 14.3. The van der Waals surface area contributed by atoms with Crippen LogP contribution in [-0.4, -0.2) is 25.8 Å². The van der Waals surface area contributed by atoms with E-state index in [1.165, 1.54) is 17.7 Å². The van der Waals surface area contributed by atoms with E-state index in [9.17, 15) is 4.79 Å². The van der Waals surface area contributed by atoms with Gasteiger partial charge in [0.1, 0.15) is 9.71 Å². The molecule has 9 heteroatoms. The summed E-state index contributed by atoms with van der Waals surface area (Å²) in [6, 6.07) is 0. The summed E-state index contributed by atoms with van der Waals surface area (Å²) >= 11 is 1.32. The number of nitrogens with one attached hydrogen (secondary N) is 1. The van der Waals surface area contributed by atoms with Crippen molar-refractivity contribution >= 4 is 33.1 Å². The average Bonchev–Trinajstić information content (AvgIpc) is 3.08.